The summed E-state index contributed by atoms with van der Waals surface area (Å²) in [5, 5.41) is 11.1. The van der Waals surface area contributed by atoms with Crippen molar-refractivity contribution in [3.63, 3.8) is 0 Å². The van der Waals surface area contributed by atoms with Gasteiger partial charge in [0.25, 0.3) is 0 Å². The van der Waals surface area contributed by atoms with Gasteiger partial charge >= 0.3 is 0 Å². The Morgan fingerprint density at radius 2 is 2.05 bits per heavy atom. The van der Waals surface area contributed by atoms with Gasteiger partial charge in [0.05, 0.1) is 11.8 Å². The van der Waals surface area contributed by atoms with Crippen LogP contribution in [0.1, 0.15) is 12.5 Å². The number of hydrogen-bond acceptors (Lipinski definition) is 5. The minimum atomic E-state index is -0.505. The topological polar surface area (TPSA) is 76.9 Å². The first-order valence-electron chi connectivity index (χ1n) is 6.87. The van der Waals surface area contributed by atoms with E-state index in [0.717, 1.165) is 5.56 Å². The average Bonchev–Trinajstić information content (AvgIpc) is 2.91. The molecule has 0 saturated heterocycles. The second kappa shape index (κ2) is 7.74. The van der Waals surface area contributed by atoms with Gasteiger partial charge in [-0.1, -0.05) is 42.1 Å². The lowest BCUT2D eigenvalue weighted by molar-refractivity contribution is -0.125. The molecule has 7 heteroatoms. The molecule has 0 radical (unpaired) electrons. The molecule has 1 N–H and O–H groups in total. The fourth-order valence-electron chi connectivity index (χ4n) is 1.92. The molecule has 6 nitrogen and oxygen atoms in total. The minimum absolute atomic E-state index is 0.0548. The Labute approximate surface area is 133 Å². The molecule has 0 bridgehead atoms. The SMILES string of the molecule is CC(=O)[C@H](Cc1ccccc1)NC(=O)CSc1nncn1C. The molecule has 22 heavy (non-hydrogen) atoms. The van der Waals surface area contributed by atoms with Gasteiger partial charge in [0, 0.05) is 7.05 Å². The Morgan fingerprint density at radius 1 is 1.32 bits per heavy atom. The molecule has 0 aliphatic heterocycles. The van der Waals surface area contributed by atoms with E-state index < -0.39 is 6.04 Å². The predicted molar refractivity (Wildman–Crippen MR) is 84.5 cm³/mol. The number of carbonyl (C=O) groups excluding carboxylic acids is 2. The number of Topliss-reactive ketones (excluding diaryl/α,β-unsaturated/α-hetero) is 1. The van der Waals surface area contributed by atoms with Gasteiger partial charge < -0.3 is 9.88 Å². The second-order valence-electron chi connectivity index (χ2n) is 4.93. The van der Waals surface area contributed by atoms with Gasteiger partial charge in [0.15, 0.2) is 10.9 Å². The number of amides is 1. The van der Waals surface area contributed by atoms with Crippen molar-refractivity contribution in [2.45, 2.75) is 24.5 Å². The lowest BCUT2D eigenvalue weighted by Crippen LogP contribution is -2.42. The van der Waals surface area contributed by atoms with E-state index in [-0.39, 0.29) is 17.4 Å². The van der Waals surface area contributed by atoms with Crippen molar-refractivity contribution in [1.29, 1.82) is 0 Å². The van der Waals surface area contributed by atoms with Crippen molar-refractivity contribution in [2.75, 3.05) is 5.75 Å². The minimum Gasteiger partial charge on any atom is -0.345 e. The van der Waals surface area contributed by atoms with Gasteiger partial charge in [0.1, 0.15) is 6.33 Å². The zero-order chi connectivity index (χ0) is 15.9. The highest BCUT2D eigenvalue weighted by Gasteiger charge is 2.18. The normalized spacial score (nSPS) is 11.9. The summed E-state index contributed by atoms with van der Waals surface area (Å²) in [6, 6.07) is 9.13. The first-order chi connectivity index (χ1) is 10.6. The molecule has 0 aliphatic rings. The number of ketones is 1. The number of aromatic nitrogens is 3. The smallest absolute Gasteiger partial charge is 0.231 e. The van der Waals surface area contributed by atoms with Crippen LogP contribution in [0.15, 0.2) is 41.8 Å². The highest BCUT2D eigenvalue weighted by atomic mass is 32.2. The zero-order valence-electron chi connectivity index (χ0n) is 12.5. The third kappa shape index (κ3) is 4.70. The third-order valence-electron chi connectivity index (χ3n) is 3.11. The highest BCUT2D eigenvalue weighted by Crippen LogP contribution is 2.13. The number of thioether (sulfide) groups is 1. The van der Waals surface area contributed by atoms with E-state index >= 15 is 0 Å². The highest BCUT2D eigenvalue weighted by molar-refractivity contribution is 7.99. The van der Waals surface area contributed by atoms with Crippen LogP contribution in [0.4, 0.5) is 0 Å². The molecule has 0 fully saturated rings. The molecule has 0 aliphatic carbocycles. The van der Waals surface area contributed by atoms with Crippen LogP contribution in [-0.4, -0.2) is 38.2 Å². The Hall–Kier alpha value is -2.15. The predicted octanol–water partition coefficient (Wildman–Crippen LogP) is 1.22. The maximum Gasteiger partial charge on any atom is 0.231 e. The number of nitrogens with zero attached hydrogens (tertiary/aromatic N) is 3. The molecule has 1 heterocycles. The summed E-state index contributed by atoms with van der Waals surface area (Å²) >= 11 is 1.29. The summed E-state index contributed by atoms with van der Waals surface area (Å²) in [5.74, 6) is -0.0459. The van der Waals surface area contributed by atoms with Gasteiger partial charge in [-0.25, -0.2) is 0 Å². The van der Waals surface area contributed by atoms with Crippen molar-refractivity contribution in [3.05, 3.63) is 42.2 Å². The summed E-state index contributed by atoms with van der Waals surface area (Å²) in [6.07, 6.45) is 2.07. The van der Waals surface area contributed by atoms with Crippen molar-refractivity contribution in [2.24, 2.45) is 7.05 Å². The monoisotopic (exact) mass is 318 g/mol. The van der Waals surface area contributed by atoms with E-state index in [2.05, 4.69) is 15.5 Å². The molecule has 0 unspecified atom stereocenters. The lowest BCUT2D eigenvalue weighted by Gasteiger charge is -2.15. The molecule has 1 amide bonds. The van der Waals surface area contributed by atoms with Crippen molar-refractivity contribution < 1.29 is 9.59 Å². The zero-order valence-corrected chi connectivity index (χ0v) is 13.3. The quantitative estimate of drug-likeness (QED) is 0.777. The molecule has 0 saturated carbocycles. The summed E-state index contributed by atoms with van der Waals surface area (Å²) in [7, 11) is 1.81. The van der Waals surface area contributed by atoms with E-state index in [0.29, 0.717) is 11.6 Å². The molecule has 1 atom stereocenters. The number of rotatable bonds is 7. The number of nitrogens with one attached hydrogen (secondary N) is 1. The molecule has 1 aromatic carbocycles. The van der Waals surface area contributed by atoms with Crippen molar-refractivity contribution in [1.82, 2.24) is 20.1 Å². The Morgan fingerprint density at radius 3 is 2.64 bits per heavy atom. The largest absolute Gasteiger partial charge is 0.345 e. The third-order valence-corrected chi connectivity index (χ3v) is 4.15. The standard InChI is InChI=1S/C15H18N4O2S/c1-11(20)13(8-12-6-4-3-5-7-12)17-14(21)9-22-15-18-16-10-19(15)2/h3-7,10,13H,8-9H2,1-2H3,(H,17,21)/t13-/m0/s1. The first kappa shape index (κ1) is 16.2. The molecule has 2 aromatic rings. The number of aryl methyl sites for hydroxylation is 1. The fourth-order valence-corrected chi connectivity index (χ4v) is 2.61. The number of benzene rings is 1. The Bertz CT molecular complexity index is 642. The van der Waals surface area contributed by atoms with Crippen LogP contribution in [0.25, 0.3) is 0 Å². The number of hydrogen-bond donors (Lipinski definition) is 1. The van der Waals surface area contributed by atoms with Crippen LogP contribution in [0.2, 0.25) is 0 Å². The van der Waals surface area contributed by atoms with Gasteiger partial charge in [-0.3, -0.25) is 9.59 Å². The van der Waals surface area contributed by atoms with Crippen molar-refractivity contribution >= 4 is 23.5 Å². The maximum atomic E-state index is 12.0. The van der Waals surface area contributed by atoms with Crippen LogP contribution < -0.4 is 5.32 Å². The van der Waals surface area contributed by atoms with Gasteiger partial charge in [-0.2, -0.15) is 0 Å². The van der Waals surface area contributed by atoms with E-state index in [1.54, 1.807) is 10.9 Å². The first-order valence-corrected chi connectivity index (χ1v) is 7.85. The second-order valence-corrected chi connectivity index (χ2v) is 5.88. The van der Waals surface area contributed by atoms with Crippen LogP contribution in [0.5, 0.6) is 0 Å². The van der Waals surface area contributed by atoms with Gasteiger partial charge in [0.2, 0.25) is 5.91 Å². The molecule has 1 aromatic heterocycles. The van der Waals surface area contributed by atoms with Crippen LogP contribution >= 0.6 is 11.8 Å². The summed E-state index contributed by atoms with van der Waals surface area (Å²) in [5.41, 5.74) is 1.02. The fraction of sp³-hybridized carbons (Fsp3) is 0.333. The van der Waals surface area contributed by atoms with E-state index in [9.17, 15) is 9.59 Å². The van der Waals surface area contributed by atoms with E-state index in [1.165, 1.54) is 18.7 Å². The van der Waals surface area contributed by atoms with Crippen molar-refractivity contribution in [3.8, 4) is 0 Å². The Kier molecular flexibility index (Phi) is 5.71. The molecular formula is C15H18N4O2S. The average molecular weight is 318 g/mol. The van der Waals surface area contributed by atoms with Gasteiger partial charge in [-0.05, 0) is 18.9 Å². The summed E-state index contributed by atoms with van der Waals surface area (Å²) in [6.45, 7) is 1.49. The van der Waals surface area contributed by atoms with Crippen LogP contribution in [0.3, 0.4) is 0 Å². The van der Waals surface area contributed by atoms with Gasteiger partial charge in [-0.15, -0.1) is 10.2 Å². The van der Waals surface area contributed by atoms with E-state index in [1.807, 2.05) is 37.4 Å². The summed E-state index contributed by atoms with van der Waals surface area (Å²) < 4.78 is 1.74. The molecule has 116 valence electrons. The molecule has 2 rings (SSSR count). The van der Waals surface area contributed by atoms with E-state index in [4.69, 9.17) is 0 Å². The Balaban J connectivity index is 1.89. The van der Waals surface area contributed by atoms with Crippen LogP contribution in [0, 0.1) is 0 Å². The maximum absolute atomic E-state index is 12.0. The van der Waals surface area contributed by atoms with Crippen LogP contribution in [-0.2, 0) is 23.1 Å². The summed E-state index contributed by atoms with van der Waals surface area (Å²) in [4.78, 5) is 23.7. The molecule has 0 spiro atoms. The number of carbonyl (C=O) groups is 2. The molecular weight excluding hydrogens is 300 g/mol. The lowest BCUT2D eigenvalue weighted by atomic mass is 10.0.